The third kappa shape index (κ3) is 1.41. The smallest absolute Gasteiger partial charge is 0.321 e. The monoisotopic (exact) mass is 186 g/mol. The number of hydrogen-bond acceptors (Lipinski definition) is 3. The molecule has 0 heterocycles. The van der Waals surface area contributed by atoms with Crippen molar-refractivity contribution < 1.29 is 24.6 Å². The molecule has 1 unspecified atom stereocenters. The van der Waals surface area contributed by atoms with Gasteiger partial charge in [-0.1, -0.05) is 0 Å². The Kier molecular flexibility index (Phi) is 2.11. The summed E-state index contributed by atoms with van der Waals surface area (Å²) in [5.74, 6) is -3.38. The van der Waals surface area contributed by atoms with Crippen LogP contribution in [0.1, 0.15) is 19.8 Å². The van der Waals surface area contributed by atoms with Gasteiger partial charge in [-0.05, 0) is 19.3 Å². The number of aliphatic carboxylic acids is 2. The maximum absolute atomic E-state index is 10.6. The minimum absolute atomic E-state index is 0.0403. The zero-order valence-electron chi connectivity index (χ0n) is 7.11. The van der Waals surface area contributed by atoms with Crippen LogP contribution in [-0.4, -0.2) is 27.9 Å². The van der Waals surface area contributed by atoms with Gasteiger partial charge in [0.2, 0.25) is 0 Å². The average Bonchev–Trinajstić information content (AvgIpc) is 2.61. The Balaban J connectivity index is 2.73. The molecule has 13 heavy (non-hydrogen) atoms. The summed E-state index contributed by atoms with van der Waals surface area (Å²) >= 11 is 0. The highest BCUT2D eigenvalue weighted by Crippen LogP contribution is 2.55. The number of hydrogen-bond donors (Lipinski definition) is 2. The second-order valence-electron chi connectivity index (χ2n) is 3.39. The highest BCUT2D eigenvalue weighted by atomic mass is 16.4. The second-order valence-corrected chi connectivity index (χ2v) is 3.39. The van der Waals surface area contributed by atoms with E-state index in [1.807, 2.05) is 0 Å². The molecule has 5 nitrogen and oxygen atoms in total. The molecule has 2 N–H and O–H groups in total. The van der Waals surface area contributed by atoms with E-state index in [4.69, 9.17) is 10.2 Å². The minimum Gasteiger partial charge on any atom is -0.480 e. The molecule has 0 spiro atoms. The first kappa shape index (κ1) is 9.70. The fourth-order valence-corrected chi connectivity index (χ4v) is 1.54. The van der Waals surface area contributed by atoms with Crippen molar-refractivity contribution in [2.45, 2.75) is 19.8 Å². The fourth-order valence-electron chi connectivity index (χ4n) is 1.54. The molecule has 1 saturated carbocycles. The van der Waals surface area contributed by atoms with Gasteiger partial charge in [-0.2, -0.15) is 0 Å². The third-order valence-electron chi connectivity index (χ3n) is 2.40. The van der Waals surface area contributed by atoms with E-state index in [1.54, 1.807) is 0 Å². The SMILES string of the molecule is CC(=O)CC1CC1(C(=O)O)C(=O)O. The summed E-state index contributed by atoms with van der Waals surface area (Å²) in [6.07, 6.45) is 0.107. The van der Waals surface area contributed by atoms with Gasteiger partial charge >= 0.3 is 11.9 Å². The van der Waals surface area contributed by atoms with E-state index in [0.29, 0.717) is 0 Å². The van der Waals surface area contributed by atoms with E-state index in [9.17, 15) is 14.4 Å². The Hall–Kier alpha value is -1.39. The number of carboxylic acids is 2. The summed E-state index contributed by atoms with van der Waals surface area (Å²) in [6, 6.07) is 0. The van der Waals surface area contributed by atoms with Crippen LogP contribution in [0.5, 0.6) is 0 Å². The molecule has 1 aliphatic rings. The van der Waals surface area contributed by atoms with E-state index in [1.165, 1.54) is 6.92 Å². The highest BCUT2D eigenvalue weighted by Gasteiger charge is 2.66. The molecule has 0 aliphatic heterocycles. The topological polar surface area (TPSA) is 91.7 Å². The van der Waals surface area contributed by atoms with Gasteiger partial charge in [0.05, 0.1) is 0 Å². The lowest BCUT2D eigenvalue weighted by Crippen LogP contribution is -2.27. The van der Waals surface area contributed by atoms with Gasteiger partial charge in [-0.15, -0.1) is 0 Å². The van der Waals surface area contributed by atoms with Gasteiger partial charge in [0.25, 0.3) is 0 Å². The summed E-state index contributed by atoms with van der Waals surface area (Å²) < 4.78 is 0. The first-order valence-electron chi connectivity index (χ1n) is 3.87. The molecule has 0 saturated heterocycles. The van der Waals surface area contributed by atoms with Crippen molar-refractivity contribution in [2.75, 3.05) is 0 Å². The number of rotatable bonds is 4. The molecule has 1 rings (SSSR count). The predicted molar refractivity (Wildman–Crippen MR) is 41.1 cm³/mol. The number of carbonyl (C=O) groups is 3. The van der Waals surface area contributed by atoms with Crippen LogP contribution in [0.4, 0.5) is 0 Å². The van der Waals surface area contributed by atoms with Crippen molar-refractivity contribution >= 4 is 17.7 Å². The normalized spacial score (nSPS) is 23.6. The molecule has 0 aromatic carbocycles. The largest absolute Gasteiger partial charge is 0.480 e. The Bertz CT molecular complexity index is 266. The van der Waals surface area contributed by atoms with Crippen LogP contribution in [0.2, 0.25) is 0 Å². The maximum atomic E-state index is 10.6. The molecule has 1 aliphatic carbocycles. The molecule has 0 amide bonds. The van der Waals surface area contributed by atoms with Crippen molar-refractivity contribution in [1.29, 1.82) is 0 Å². The van der Waals surface area contributed by atoms with Crippen LogP contribution in [-0.2, 0) is 14.4 Å². The van der Waals surface area contributed by atoms with E-state index in [2.05, 4.69) is 0 Å². The maximum Gasteiger partial charge on any atom is 0.321 e. The highest BCUT2D eigenvalue weighted by molar-refractivity contribution is 6.02. The number of carboxylic acid groups (broad SMARTS) is 2. The third-order valence-corrected chi connectivity index (χ3v) is 2.40. The molecular weight excluding hydrogens is 176 g/mol. The van der Waals surface area contributed by atoms with Crippen LogP contribution >= 0.6 is 0 Å². The molecule has 0 bridgehead atoms. The van der Waals surface area contributed by atoms with Gasteiger partial charge < -0.3 is 15.0 Å². The molecular formula is C8H10O5. The predicted octanol–water partition coefficient (Wildman–Crippen LogP) is 0.141. The lowest BCUT2D eigenvalue weighted by molar-refractivity contribution is -0.157. The Morgan fingerprint density at radius 1 is 1.31 bits per heavy atom. The molecule has 0 aromatic rings. The number of ketones is 1. The van der Waals surface area contributed by atoms with Crippen LogP contribution in [0.3, 0.4) is 0 Å². The number of carbonyl (C=O) groups excluding carboxylic acids is 1. The second kappa shape index (κ2) is 2.83. The first-order valence-corrected chi connectivity index (χ1v) is 3.87. The van der Waals surface area contributed by atoms with Crippen molar-refractivity contribution in [1.82, 2.24) is 0 Å². The number of Topliss-reactive ketones (excluding diaryl/α,β-unsaturated/α-hetero) is 1. The van der Waals surface area contributed by atoms with Gasteiger partial charge in [0, 0.05) is 6.42 Å². The summed E-state index contributed by atoms with van der Waals surface area (Å²) in [5.41, 5.74) is -1.69. The summed E-state index contributed by atoms with van der Waals surface area (Å²) in [5, 5.41) is 17.3. The van der Waals surface area contributed by atoms with Gasteiger partial charge in [0.15, 0.2) is 5.41 Å². The van der Waals surface area contributed by atoms with Crippen LogP contribution in [0.15, 0.2) is 0 Å². The fraction of sp³-hybridized carbons (Fsp3) is 0.625. The molecule has 0 aromatic heterocycles. The molecule has 1 fully saturated rings. The van der Waals surface area contributed by atoms with Gasteiger partial charge in [0.1, 0.15) is 5.78 Å². The van der Waals surface area contributed by atoms with Crippen molar-refractivity contribution in [3.05, 3.63) is 0 Å². The first-order chi connectivity index (χ1) is 5.91. The Morgan fingerprint density at radius 2 is 1.77 bits per heavy atom. The Labute approximate surface area is 74.4 Å². The lowest BCUT2D eigenvalue weighted by atomic mass is 10.0. The molecule has 1 atom stereocenters. The summed E-state index contributed by atoms with van der Waals surface area (Å²) in [6.45, 7) is 1.33. The molecule has 72 valence electrons. The standard InChI is InChI=1S/C8H10O5/c1-4(9)2-5-3-8(5,6(10)11)7(12)13/h5H,2-3H2,1H3,(H,10,11)(H,12,13). The van der Waals surface area contributed by atoms with E-state index < -0.39 is 23.3 Å². The van der Waals surface area contributed by atoms with E-state index in [-0.39, 0.29) is 18.6 Å². The van der Waals surface area contributed by atoms with Crippen LogP contribution in [0, 0.1) is 11.3 Å². The van der Waals surface area contributed by atoms with Crippen molar-refractivity contribution in [2.24, 2.45) is 11.3 Å². The van der Waals surface area contributed by atoms with E-state index in [0.717, 1.165) is 0 Å². The quantitative estimate of drug-likeness (QED) is 0.609. The van der Waals surface area contributed by atoms with E-state index >= 15 is 0 Å². The summed E-state index contributed by atoms with van der Waals surface area (Å²) in [4.78, 5) is 31.9. The van der Waals surface area contributed by atoms with Crippen molar-refractivity contribution in [3.63, 3.8) is 0 Å². The molecule has 5 heteroatoms. The van der Waals surface area contributed by atoms with Crippen molar-refractivity contribution in [3.8, 4) is 0 Å². The van der Waals surface area contributed by atoms with Gasteiger partial charge in [-0.3, -0.25) is 9.59 Å². The lowest BCUT2D eigenvalue weighted by Gasteiger charge is -2.04. The Morgan fingerprint density at radius 3 is 2.00 bits per heavy atom. The average molecular weight is 186 g/mol. The molecule has 0 radical (unpaired) electrons. The zero-order valence-corrected chi connectivity index (χ0v) is 7.11. The minimum atomic E-state index is -1.69. The summed E-state index contributed by atoms with van der Waals surface area (Å²) in [7, 11) is 0. The zero-order chi connectivity index (χ0) is 10.2. The van der Waals surface area contributed by atoms with Crippen LogP contribution in [0.25, 0.3) is 0 Å². The van der Waals surface area contributed by atoms with Gasteiger partial charge in [-0.25, -0.2) is 0 Å². The van der Waals surface area contributed by atoms with Crippen LogP contribution < -0.4 is 0 Å².